The molecule has 0 aliphatic heterocycles. The van der Waals surface area contributed by atoms with Crippen molar-refractivity contribution >= 4 is 17.1 Å². The zero-order chi connectivity index (χ0) is 33.6. The molecule has 43 heavy (non-hydrogen) atoms. The molecule has 0 aliphatic carbocycles. The average Bonchev–Trinajstić information content (AvgIpc) is 2.87. The monoisotopic (exact) mass is 605 g/mol. The first-order chi connectivity index (χ1) is 19.4. The predicted molar refractivity (Wildman–Crippen MR) is 160 cm³/mol. The summed E-state index contributed by atoms with van der Waals surface area (Å²) in [5.74, 6) is 0. The molecular formula is C31H38F3N3O6. The van der Waals surface area contributed by atoms with Crippen LogP contribution in [0.5, 0.6) is 0 Å². The molecule has 234 valence electrons. The van der Waals surface area contributed by atoms with E-state index in [0.29, 0.717) is 6.07 Å². The number of nitrogens with zero attached hydrogens (tertiary/aromatic N) is 3. The summed E-state index contributed by atoms with van der Waals surface area (Å²) in [6.07, 6.45) is -4.57. The largest absolute Gasteiger partial charge is 0.416 e. The first-order valence-electron chi connectivity index (χ1n) is 13.2. The lowest BCUT2D eigenvalue weighted by Gasteiger charge is -2.19. The SMILES string of the molecule is CC(C)(C)c1ccc(C(F)(F)F)cc1[N+](=O)[O-].CC(C)(C)c1ccc([N+](=O)[O-])cc1.CC(C)(C)c1ccccc1[N+](=O)[O-]. The number of halogens is 3. The molecule has 3 aromatic rings. The molecule has 0 spiro atoms. The van der Waals surface area contributed by atoms with Gasteiger partial charge in [-0.25, -0.2) is 0 Å². The van der Waals surface area contributed by atoms with Crippen molar-refractivity contribution in [1.29, 1.82) is 0 Å². The predicted octanol–water partition coefficient (Wildman–Crippen LogP) is 9.70. The number of non-ortho nitro benzene ring substituents is 1. The van der Waals surface area contributed by atoms with Crippen molar-refractivity contribution in [3.8, 4) is 0 Å². The summed E-state index contributed by atoms with van der Waals surface area (Å²) >= 11 is 0. The lowest BCUT2D eigenvalue weighted by molar-refractivity contribution is -0.386. The van der Waals surface area contributed by atoms with Gasteiger partial charge in [0.15, 0.2) is 0 Å². The second-order valence-corrected chi connectivity index (χ2v) is 12.8. The topological polar surface area (TPSA) is 129 Å². The zero-order valence-corrected chi connectivity index (χ0v) is 25.8. The van der Waals surface area contributed by atoms with Crippen LogP contribution in [0.4, 0.5) is 30.2 Å². The molecule has 0 radical (unpaired) electrons. The second-order valence-electron chi connectivity index (χ2n) is 12.8. The third-order valence-electron chi connectivity index (χ3n) is 6.18. The number of hydrogen-bond acceptors (Lipinski definition) is 6. The van der Waals surface area contributed by atoms with Crippen LogP contribution in [0.15, 0.2) is 66.7 Å². The number of hydrogen-bond donors (Lipinski definition) is 0. The van der Waals surface area contributed by atoms with Crippen molar-refractivity contribution in [2.75, 3.05) is 0 Å². The van der Waals surface area contributed by atoms with Crippen molar-refractivity contribution in [3.63, 3.8) is 0 Å². The molecule has 0 saturated carbocycles. The highest BCUT2D eigenvalue weighted by molar-refractivity contribution is 5.48. The van der Waals surface area contributed by atoms with Gasteiger partial charge in [0.2, 0.25) is 0 Å². The lowest BCUT2D eigenvalue weighted by Crippen LogP contribution is -2.15. The molecule has 0 saturated heterocycles. The lowest BCUT2D eigenvalue weighted by atomic mass is 9.85. The second kappa shape index (κ2) is 13.7. The van der Waals surface area contributed by atoms with Crippen LogP contribution < -0.4 is 0 Å². The highest BCUT2D eigenvalue weighted by Gasteiger charge is 2.34. The van der Waals surface area contributed by atoms with Crippen LogP contribution in [-0.2, 0) is 22.4 Å². The number of rotatable bonds is 3. The van der Waals surface area contributed by atoms with Crippen molar-refractivity contribution < 1.29 is 27.9 Å². The fraction of sp³-hybridized carbons (Fsp3) is 0.419. The summed E-state index contributed by atoms with van der Waals surface area (Å²) in [6.45, 7) is 17.3. The normalized spacial score (nSPS) is 11.8. The summed E-state index contributed by atoms with van der Waals surface area (Å²) < 4.78 is 37.3. The molecule has 0 N–H and O–H groups in total. The number of benzene rings is 3. The fourth-order valence-corrected chi connectivity index (χ4v) is 3.84. The molecule has 0 fully saturated rings. The maximum atomic E-state index is 12.4. The first-order valence-corrected chi connectivity index (χ1v) is 13.2. The van der Waals surface area contributed by atoms with E-state index in [0.717, 1.165) is 17.2 Å². The van der Waals surface area contributed by atoms with E-state index in [1.54, 1.807) is 63.2 Å². The fourth-order valence-electron chi connectivity index (χ4n) is 3.84. The first kappa shape index (κ1) is 36.7. The van der Waals surface area contributed by atoms with Crippen LogP contribution in [0.2, 0.25) is 0 Å². The summed E-state index contributed by atoms with van der Waals surface area (Å²) in [5, 5.41) is 31.8. The van der Waals surface area contributed by atoms with Crippen molar-refractivity contribution in [3.05, 3.63) is 119 Å². The van der Waals surface area contributed by atoms with E-state index in [2.05, 4.69) is 20.8 Å². The number of nitro groups is 3. The summed E-state index contributed by atoms with van der Waals surface area (Å²) in [6, 6.07) is 16.2. The van der Waals surface area contributed by atoms with Crippen molar-refractivity contribution in [2.45, 2.75) is 84.7 Å². The Morgan fingerprint density at radius 2 is 0.930 bits per heavy atom. The average molecular weight is 606 g/mol. The summed E-state index contributed by atoms with van der Waals surface area (Å²) in [7, 11) is 0. The van der Waals surface area contributed by atoms with Crippen LogP contribution in [0.1, 0.15) is 84.6 Å². The minimum atomic E-state index is -4.57. The minimum absolute atomic E-state index is 0.0507. The molecule has 3 aromatic carbocycles. The third-order valence-corrected chi connectivity index (χ3v) is 6.18. The summed E-state index contributed by atoms with van der Waals surface area (Å²) in [4.78, 5) is 30.3. The maximum Gasteiger partial charge on any atom is 0.416 e. The Balaban J connectivity index is 0.000000327. The molecule has 0 amide bonds. The van der Waals surface area contributed by atoms with Crippen LogP contribution in [0, 0.1) is 30.3 Å². The van der Waals surface area contributed by atoms with Gasteiger partial charge >= 0.3 is 6.18 Å². The Bertz CT molecular complexity index is 1430. The van der Waals surface area contributed by atoms with Gasteiger partial charge in [0, 0.05) is 35.4 Å². The molecule has 0 atom stereocenters. The van der Waals surface area contributed by atoms with Crippen LogP contribution in [0.25, 0.3) is 0 Å². The molecular weight excluding hydrogens is 567 g/mol. The van der Waals surface area contributed by atoms with Gasteiger partial charge in [-0.3, -0.25) is 30.3 Å². The summed E-state index contributed by atoms with van der Waals surface area (Å²) in [5.41, 5.74) is 0.326. The molecule has 3 rings (SSSR count). The Morgan fingerprint density at radius 1 is 0.512 bits per heavy atom. The van der Waals surface area contributed by atoms with Gasteiger partial charge in [0.25, 0.3) is 17.1 Å². The van der Waals surface area contributed by atoms with Crippen LogP contribution in [-0.4, -0.2) is 14.8 Å². The van der Waals surface area contributed by atoms with Gasteiger partial charge in [-0.2, -0.15) is 13.2 Å². The van der Waals surface area contributed by atoms with Gasteiger partial charge in [-0.1, -0.05) is 98.7 Å². The van der Waals surface area contributed by atoms with Gasteiger partial charge < -0.3 is 0 Å². The van der Waals surface area contributed by atoms with Gasteiger partial charge in [-0.15, -0.1) is 0 Å². The van der Waals surface area contributed by atoms with E-state index in [1.807, 2.05) is 26.8 Å². The molecule has 0 unspecified atom stereocenters. The molecule has 12 heteroatoms. The molecule has 9 nitrogen and oxygen atoms in total. The number of para-hydroxylation sites is 1. The molecule has 0 aliphatic rings. The quantitative estimate of drug-likeness (QED) is 0.216. The number of nitro benzene ring substituents is 3. The third kappa shape index (κ3) is 11.1. The zero-order valence-electron chi connectivity index (χ0n) is 25.8. The van der Waals surface area contributed by atoms with Gasteiger partial charge in [0.05, 0.1) is 20.3 Å². The highest BCUT2D eigenvalue weighted by Crippen LogP contribution is 2.37. The van der Waals surface area contributed by atoms with E-state index in [9.17, 15) is 43.5 Å². The Morgan fingerprint density at radius 3 is 1.28 bits per heavy atom. The van der Waals surface area contributed by atoms with Gasteiger partial charge in [0.1, 0.15) is 0 Å². The number of alkyl halides is 3. The van der Waals surface area contributed by atoms with E-state index in [-0.39, 0.29) is 37.6 Å². The van der Waals surface area contributed by atoms with Crippen molar-refractivity contribution in [2.24, 2.45) is 0 Å². The van der Waals surface area contributed by atoms with Crippen LogP contribution >= 0.6 is 0 Å². The standard InChI is InChI=1S/C11H12F3NO2.2C10H13NO2/c1-10(2,3)8-5-4-7(11(12,13)14)6-9(8)15(16)17;1-10(2,3)8-4-6-9(7-5-8)11(12)13;1-10(2,3)8-6-4-5-7-9(8)11(12)13/h4-6H,1-3H3;2*4-7H,1-3H3. The Labute approximate surface area is 249 Å². The Hall–Kier alpha value is -4.35. The molecule has 0 bridgehead atoms. The smallest absolute Gasteiger partial charge is 0.258 e. The minimum Gasteiger partial charge on any atom is -0.258 e. The van der Waals surface area contributed by atoms with E-state index in [1.165, 1.54) is 6.07 Å². The molecule has 0 aromatic heterocycles. The maximum absolute atomic E-state index is 12.4. The van der Waals surface area contributed by atoms with Gasteiger partial charge in [-0.05, 0) is 27.9 Å². The van der Waals surface area contributed by atoms with E-state index >= 15 is 0 Å². The highest BCUT2D eigenvalue weighted by atomic mass is 19.4. The van der Waals surface area contributed by atoms with E-state index in [4.69, 9.17) is 0 Å². The van der Waals surface area contributed by atoms with Crippen molar-refractivity contribution in [1.82, 2.24) is 0 Å². The van der Waals surface area contributed by atoms with E-state index < -0.39 is 27.8 Å². The molecule has 0 heterocycles. The van der Waals surface area contributed by atoms with Crippen LogP contribution in [0.3, 0.4) is 0 Å². The Kier molecular flexibility index (Phi) is 11.7.